The molecule has 0 spiro atoms. The van der Waals surface area contributed by atoms with Gasteiger partial charge in [0.25, 0.3) is 0 Å². The molecule has 0 bridgehead atoms. The van der Waals surface area contributed by atoms with E-state index in [-0.39, 0.29) is 18.4 Å². The van der Waals surface area contributed by atoms with Crippen molar-refractivity contribution in [2.45, 2.75) is 19.8 Å². The summed E-state index contributed by atoms with van der Waals surface area (Å²) < 4.78 is 15.7. The van der Waals surface area contributed by atoms with Gasteiger partial charge >= 0.3 is 5.97 Å². The van der Waals surface area contributed by atoms with Gasteiger partial charge in [0.1, 0.15) is 0 Å². The van der Waals surface area contributed by atoms with E-state index in [1.807, 2.05) is 6.07 Å². The van der Waals surface area contributed by atoms with Crippen molar-refractivity contribution in [1.82, 2.24) is 0 Å². The highest BCUT2D eigenvalue weighted by Crippen LogP contribution is 2.32. The van der Waals surface area contributed by atoms with Crippen molar-refractivity contribution in [3.63, 3.8) is 0 Å². The zero-order valence-corrected chi connectivity index (χ0v) is 13.3. The molecule has 5 nitrogen and oxygen atoms in total. The molecule has 6 heteroatoms. The van der Waals surface area contributed by atoms with Crippen molar-refractivity contribution in [2.24, 2.45) is 4.99 Å². The molecule has 0 aliphatic carbocycles. The molecule has 0 amide bonds. The van der Waals surface area contributed by atoms with Gasteiger partial charge in [0.15, 0.2) is 17.2 Å². The third kappa shape index (κ3) is 3.67. The van der Waals surface area contributed by atoms with Crippen LogP contribution in [0.1, 0.15) is 24.5 Å². The number of benzene rings is 1. The molecule has 1 aromatic carbocycles. The topological polar surface area (TPSA) is 57.1 Å². The van der Waals surface area contributed by atoms with Crippen LogP contribution in [0, 0.1) is 0 Å². The van der Waals surface area contributed by atoms with Crippen molar-refractivity contribution in [3.8, 4) is 11.5 Å². The highest BCUT2D eigenvalue weighted by Gasteiger charge is 2.23. The highest BCUT2D eigenvalue weighted by molar-refractivity contribution is 6.43. The van der Waals surface area contributed by atoms with Gasteiger partial charge in [-0.2, -0.15) is 0 Å². The van der Waals surface area contributed by atoms with Crippen LogP contribution >= 0.6 is 12.4 Å². The highest BCUT2D eigenvalue weighted by atomic mass is 35.5. The lowest BCUT2D eigenvalue weighted by Crippen LogP contribution is -2.20. The average Bonchev–Trinajstić information content (AvgIpc) is 2.67. The maximum Gasteiger partial charge on any atom is 0.357 e. The molecule has 0 atom stereocenters. The van der Waals surface area contributed by atoms with Crippen molar-refractivity contribution in [3.05, 3.63) is 23.3 Å². The second-order valence-electron chi connectivity index (χ2n) is 4.42. The minimum atomic E-state index is -0.386. The Labute approximate surface area is 130 Å². The van der Waals surface area contributed by atoms with E-state index in [0.29, 0.717) is 30.4 Å². The number of hydrogen-bond donors (Lipinski definition) is 0. The number of carbonyl (C=O) groups excluding carboxylic acids is 1. The summed E-state index contributed by atoms with van der Waals surface area (Å²) in [6, 6.07) is 3.71. The first-order valence-electron chi connectivity index (χ1n) is 6.68. The molecule has 1 aromatic rings. The maximum absolute atomic E-state index is 12.0. The lowest BCUT2D eigenvalue weighted by atomic mass is 9.99. The number of fused-ring (bicyclic) bond motifs is 1. The molecule has 1 heterocycles. The lowest BCUT2D eigenvalue weighted by molar-refractivity contribution is -0.134. The van der Waals surface area contributed by atoms with Crippen LogP contribution in [-0.2, 0) is 16.0 Å². The summed E-state index contributed by atoms with van der Waals surface area (Å²) in [4.78, 5) is 16.4. The summed E-state index contributed by atoms with van der Waals surface area (Å²) in [6.45, 7) is 2.73. The number of methoxy groups -OCH3 is 2. The molecule has 116 valence electrons. The molecule has 0 aromatic heterocycles. The molecule has 1 aliphatic heterocycles. The van der Waals surface area contributed by atoms with Crippen LogP contribution in [0.3, 0.4) is 0 Å². The van der Waals surface area contributed by atoms with Crippen molar-refractivity contribution >= 4 is 24.1 Å². The molecule has 21 heavy (non-hydrogen) atoms. The van der Waals surface area contributed by atoms with E-state index in [0.717, 1.165) is 24.0 Å². The van der Waals surface area contributed by atoms with Crippen molar-refractivity contribution in [2.75, 3.05) is 27.4 Å². The van der Waals surface area contributed by atoms with Gasteiger partial charge in [-0.25, -0.2) is 4.79 Å². The SMILES string of the molecule is CCOC(=O)C1=NCCCc2cc(OC)c(OC)cc21.Cl. The third-order valence-corrected chi connectivity index (χ3v) is 3.21. The standard InChI is InChI=1S/C15H19NO4.ClH/c1-4-20-15(17)14-11-9-13(19-3)12(18-2)8-10(11)6-5-7-16-14;/h8-9H,4-7H2,1-3H3;1H. The predicted molar refractivity (Wildman–Crippen MR) is 83.2 cm³/mol. The minimum Gasteiger partial charge on any atom is -0.493 e. The average molecular weight is 314 g/mol. The van der Waals surface area contributed by atoms with Crippen LogP contribution in [0.15, 0.2) is 17.1 Å². The van der Waals surface area contributed by atoms with E-state index in [2.05, 4.69) is 4.99 Å². The zero-order valence-electron chi connectivity index (χ0n) is 12.5. The Kier molecular flexibility index (Phi) is 6.49. The third-order valence-electron chi connectivity index (χ3n) is 3.21. The van der Waals surface area contributed by atoms with E-state index in [1.165, 1.54) is 0 Å². The number of hydrogen-bond acceptors (Lipinski definition) is 5. The molecular weight excluding hydrogens is 294 g/mol. The molecule has 2 rings (SSSR count). The maximum atomic E-state index is 12.0. The number of aryl methyl sites for hydroxylation is 1. The lowest BCUT2D eigenvalue weighted by Gasteiger charge is -2.14. The fraction of sp³-hybridized carbons (Fsp3) is 0.467. The molecule has 0 fully saturated rings. The zero-order chi connectivity index (χ0) is 14.5. The number of halogens is 1. The van der Waals surface area contributed by atoms with Gasteiger partial charge in [0, 0.05) is 12.1 Å². The van der Waals surface area contributed by atoms with Gasteiger partial charge in [0.2, 0.25) is 0 Å². The number of aliphatic imine (C=N–C) groups is 1. The fourth-order valence-corrected chi connectivity index (χ4v) is 2.27. The summed E-state index contributed by atoms with van der Waals surface area (Å²) in [5.74, 6) is 0.865. The number of rotatable bonds is 4. The van der Waals surface area contributed by atoms with E-state index in [1.54, 1.807) is 27.2 Å². The Balaban J connectivity index is 0.00000220. The second kappa shape index (κ2) is 7.88. The summed E-state index contributed by atoms with van der Waals surface area (Å²) in [6.07, 6.45) is 1.74. The van der Waals surface area contributed by atoms with Gasteiger partial charge in [-0.15, -0.1) is 12.4 Å². The molecular formula is C15H20ClNO4. The fourth-order valence-electron chi connectivity index (χ4n) is 2.27. The summed E-state index contributed by atoms with van der Waals surface area (Å²) in [7, 11) is 3.17. The van der Waals surface area contributed by atoms with Crippen LogP contribution in [0.5, 0.6) is 11.5 Å². The van der Waals surface area contributed by atoms with Gasteiger partial charge in [-0.1, -0.05) is 0 Å². The van der Waals surface area contributed by atoms with Gasteiger partial charge in [-0.3, -0.25) is 4.99 Å². The van der Waals surface area contributed by atoms with Gasteiger partial charge in [-0.05, 0) is 37.5 Å². The van der Waals surface area contributed by atoms with E-state index in [4.69, 9.17) is 14.2 Å². The summed E-state index contributed by atoms with van der Waals surface area (Å²) in [5.41, 5.74) is 2.19. The van der Waals surface area contributed by atoms with Gasteiger partial charge < -0.3 is 14.2 Å². The molecule has 1 aliphatic rings. The smallest absolute Gasteiger partial charge is 0.357 e. The van der Waals surface area contributed by atoms with Crippen LogP contribution < -0.4 is 9.47 Å². The van der Waals surface area contributed by atoms with Gasteiger partial charge in [0.05, 0.1) is 20.8 Å². The number of nitrogens with zero attached hydrogens (tertiary/aromatic N) is 1. The molecule has 0 saturated heterocycles. The van der Waals surface area contributed by atoms with Crippen molar-refractivity contribution < 1.29 is 19.0 Å². The minimum absolute atomic E-state index is 0. The van der Waals surface area contributed by atoms with Crippen LogP contribution in [0.25, 0.3) is 0 Å². The first kappa shape index (κ1) is 17.3. The van der Waals surface area contributed by atoms with E-state index < -0.39 is 0 Å². The first-order valence-corrected chi connectivity index (χ1v) is 6.68. The Morgan fingerprint density at radius 2 is 1.90 bits per heavy atom. The Hall–Kier alpha value is -1.75. The monoisotopic (exact) mass is 313 g/mol. The number of carbonyl (C=O) groups is 1. The van der Waals surface area contributed by atoms with Crippen LogP contribution in [0.4, 0.5) is 0 Å². The first-order chi connectivity index (χ1) is 9.71. The summed E-state index contributed by atoms with van der Waals surface area (Å²) in [5, 5.41) is 0. The molecule has 0 saturated carbocycles. The Morgan fingerprint density at radius 3 is 2.52 bits per heavy atom. The normalized spacial score (nSPS) is 13.2. The van der Waals surface area contributed by atoms with Crippen LogP contribution in [0.2, 0.25) is 0 Å². The van der Waals surface area contributed by atoms with E-state index >= 15 is 0 Å². The van der Waals surface area contributed by atoms with Crippen LogP contribution in [-0.4, -0.2) is 39.1 Å². The van der Waals surface area contributed by atoms with Crippen molar-refractivity contribution in [1.29, 1.82) is 0 Å². The second-order valence-corrected chi connectivity index (χ2v) is 4.42. The molecule has 0 radical (unpaired) electrons. The quantitative estimate of drug-likeness (QED) is 0.801. The Bertz CT molecular complexity index is 543. The summed E-state index contributed by atoms with van der Waals surface area (Å²) >= 11 is 0. The Morgan fingerprint density at radius 1 is 1.24 bits per heavy atom. The van der Waals surface area contributed by atoms with E-state index in [9.17, 15) is 4.79 Å². The number of esters is 1. The largest absolute Gasteiger partial charge is 0.493 e. The molecule has 0 unspecified atom stereocenters. The molecule has 0 N–H and O–H groups in total. The predicted octanol–water partition coefficient (Wildman–Crippen LogP) is 2.42. The number of ether oxygens (including phenoxy) is 3.